The molecular weight excluding hydrogens is 284 g/mol. The largest absolute Gasteiger partial charge is 0.481 e. The molecule has 2 N–H and O–H groups in total. The van der Waals surface area contributed by atoms with Crippen LogP contribution in [-0.2, 0) is 14.6 Å². The van der Waals surface area contributed by atoms with E-state index in [9.17, 15) is 18.0 Å². The van der Waals surface area contributed by atoms with Crippen LogP contribution in [0.15, 0.2) is 0 Å². The molecule has 0 aromatic rings. The summed E-state index contributed by atoms with van der Waals surface area (Å²) in [7, 11) is -3.03. The lowest BCUT2D eigenvalue weighted by Gasteiger charge is -2.23. The molecule has 1 heterocycles. The lowest BCUT2D eigenvalue weighted by atomic mass is 10.1. The molecule has 8 heteroatoms. The van der Waals surface area contributed by atoms with Crippen molar-refractivity contribution in [2.24, 2.45) is 5.92 Å². The van der Waals surface area contributed by atoms with E-state index in [0.29, 0.717) is 32.2 Å². The number of carbonyl (C=O) groups excluding carboxylic acids is 1. The van der Waals surface area contributed by atoms with Crippen molar-refractivity contribution < 1.29 is 23.1 Å². The van der Waals surface area contributed by atoms with Crippen LogP contribution >= 0.6 is 0 Å². The summed E-state index contributed by atoms with van der Waals surface area (Å²) in [5.74, 6) is -1.07. The highest BCUT2D eigenvalue weighted by atomic mass is 32.2. The van der Waals surface area contributed by atoms with Crippen LogP contribution in [0.3, 0.4) is 0 Å². The van der Waals surface area contributed by atoms with Gasteiger partial charge in [0.2, 0.25) is 0 Å². The number of sulfone groups is 1. The molecule has 0 spiro atoms. The van der Waals surface area contributed by atoms with Crippen LogP contribution in [0.2, 0.25) is 0 Å². The molecular formula is C12H20N2O5S. The van der Waals surface area contributed by atoms with Gasteiger partial charge in [-0.3, -0.25) is 4.79 Å². The number of hydrogen-bond acceptors (Lipinski definition) is 4. The first kappa shape index (κ1) is 15.1. The number of hydrogen-bond donors (Lipinski definition) is 2. The van der Waals surface area contributed by atoms with Gasteiger partial charge in [-0.1, -0.05) is 0 Å². The van der Waals surface area contributed by atoms with Gasteiger partial charge >= 0.3 is 12.0 Å². The van der Waals surface area contributed by atoms with Crippen molar-refractivity contribution in [1.29, 1.82) is 0 Å². The molecule has 2 aliphatic rings. The van der Waals surface area contributed by atoms with E-state index in [-0.39, 0.29) is 36.0 Å². The number of carbonyl (C=O) groups is 2. The van der Waals surface area contributed by atoms with Gasteiger partial charge in [0.1, 0.15) is 0 Å². The zero-order chi connectivity index (χ0) is 14.8. The number of carboxylic acids is 1. The summed E-state index contributed by atoms with van der Waals surface area (Å²) >= 11 is 0. The first-order valence-corrected chi connectivity index (χ1v) is 8.68. The number of nitrogens with zero attached hydrogens (tertiary/aromatic N) is 1. The third-order valence-electron chi connectivity index (χ3n) is 3.95. The average molecular weight is 304 g/mol. The predicted molar refractivity (Wildman–Crippen MR) is 72.1 cm³/mol. The number of nitrogens with one attached hydrogen (secondary N) is 1. The summed E-state index contributed by atoms with van der Waals surface area (Å²) in [5, 5.41) is 11.7. The first-order chi connectivity index (χ1) is 9.37. The molecule has 1 saturated carbocycles. The molecule has 20 heavy (non-hydrogen) atoms. The molecule has 0 aromatic carbocycles. The van der Waals surface area contributed by atoms with Crippen LogP contribution < -0.4 is 5.32 Å². The lowest BCUT2D eigenvalue weighted by Crippen LogP contribution is -2.45. The van der Waals surface area contributed by atoms with Crippen molar-refractivity contribution in [2.45, 2.75) is 31.7 Å². The third kappa shape index (κ3) is 3.84. The number of aliphatic carboxylic acids is 1. The molecule has 2 unspecified atom stereocenters. The fourth-order valence-corrected chi connectivity index (χ4v) is 4.02. The van der Waals surface area contributed by atoms with Crippen LogP contribution in [0.5, 0.6) is 0 Å². The summed E-state index contributed by atoms with van der Waals surface area (Å²) in [4.78, 5) is 24.4. The van der Waals surface area contributed by atoms with Crippen LogP contribution in [-0.4, -0.2) is 61.1 Å². The Kier molecular flexibility index (Phi) is 4.52. The van der Waals surface area contributed by atoms with Gasteiger partial charge in [0.05, 0.1) is 17.4 Å². The predicted octanol–water partition coefficient (Wildman–Crippen LogP) is 0.0698. The van der Waals surface area contributed by atoms with Crippen molar-refractivity contribution in [2.75, 3.05) is 24.6 Å². The summed E-state index contributed by atoms with van der Waals surface area (Å²) in [6, 6.07) is -0.401. The highest BCUT2D eigenvalue weighted by molar-refractivity contribution is 7.91. The van der Waals surface area contributed by atoms with E-state index >= 15 is 0 Å². The minimum absolute atomic E-state index is 0.00282. The second-order valence-corrected chi connectivity index (χ2v) is 7.79. The summed E-state index contributed by atoms with van der Waals surface area (Å²) in [6.07, 6.45) is 2.15. The van der Waals surface area contributed by atoms with E-state index in [1.165, 1.54) is 4.90 Å². The van der Waals surface area contributed by atoms with Gasteiger partial charge in [0.25, 0.3) is 0 Å². The van der Waals surface area contributed by atoms with Crippen molar-refractivity contribution in [3.05, 3.63) is 0 Å². The minimum atomic E-state index is -3.03. The molecule has 1 saturated heterocycles. The van der Waals surface area contributed by atoms with Crippen molar-refractivity contribution in [3.8, 4) is 0 Å². The molecule has 0 aromatic heterocycles. The van der Waals surface area contributed by atoms with E-state index in [4.69, 9.17) is 5.11 Å². The van der Waals surface area contributed by atoms with E-state index < -0.39 is 15.8 Å². The summed E-state index contributed by atoms with van der Waals surface area (Å²) < 4.78 is 23.0. The number of carboxylic acid groups (broad SMARTS) is 1. The van der Waals surface area contributed by atoms with Gasteiger partial charge in [0.15, 0.2) is 9.84 Å². The Labute approximate surface area is 118 Å². The Bertz CT molecular complexity index is 490. The molecule has 1 aliphatic carbocycles. The first-order valence-electron chi connectivity index (χ1n) is 6.86. The molecule has 2 rings (SSSR count). The van der Waals surface area contributed by atoms with Gasteiger partial charge < -0.3 is 15.3 Å². The van der Waals surface area contributed by atoms with Crippen LogP contribution in [0.4, 0.5) is 4.79 Å². The van der Waals surface area contributed by atoms with E-state index in [1.54, 1.807) is 0 Å². The zero-order valence-electron chi connectivity index (χ0n) is 11.2. The molecule has 2 amide bonds. The Balaban J connectivity index is 1.85. The summed E-state index contributed by atoms with van der Waals surface area (Å²) in [5.41, 5.74) is 0. The molecule has 2 fully saturated rings. The van der Waals surface area contributed by atoms with Gasteiger partial charge in [0, 0.05) is 19.1 Å². The smallest absolute Gasteiger partial charge is 0.317 e. The average Bonchev–Trinajstić information content (AvgIpc) is 2.74. The van der Waals surface area contributed by atoms with E-state index in [2.05, 4.69) is 5.32 Å². The topological polar surface area (TPSA) is 104 Å². The highest BCUT2D eigenvalue weighted by Crippen LogP contribution is 2.25. The van der Waals surface area contributed by atoms with Gasteiger partial charge in [-0.15, -0.1) is 0 Å². The Morgan fingerprint density at radius 2 is 1.90 bits per heavy atom. The number of amides is 2. The number of urea groups is 1. The molecule has 1 aliphatic heterocycles. The standard InChI is InChI=1S/C12H20N2O5S/c15-11(16)9-2-3-10(8-9)13-12(17)14-4-1-6-20(18,19)7-5-14/h9-10H,1-8H2,(H,13,17)(H,15,16). The quantitative estimate of drug-likeness (QED) is 0.751. The van der Waals surface area contributed by atoms with Gasteiger partial charge in [-0.2, -0.15) is 0 Å². The van der Waals surface area contributed by atoms with Crippen molar-refractivity contribution >= 4 is 21.8 Å². The van der Waals surface area contributed by atoms with Gasteiger partial charge in [-0.25, -0.2) is 13.2 Å². The van der Waals surface area contributed by atoms with E-state index in [1.807, 2.05) is 0 Å². The minimum Gasteiger partial charge on any atom is -0.481 e. The zero-order valence-corrected chi connectivity index (χ0v) is 12.1. The fraction of sp³-hybridized carbons (Fsp3) is 0.833. The monoisotopic (exact) mass is 304 g/mol. The Hall–Kier alpha value is -1.31. The van der Waals surface area contributed by atoms with Crippen LogP contribution in [0.25, 0.3) is 0 Å². The SMILES string of the molecule is O=C(O)C1CCC(NC(=O)N2CCCS(=O)(=O)CC2)C1. The molecule has 0 bridgehead atoms. The molecule has 114 valence electrons. The number of rotatable bonds is 2. The highest BCUT2D eigenvalue weighted by Gasteiger charge is 2.32. The Morgan fingerprint density at radius 3 is 2.55 bits per heavy atom. The second kappa shape index (κ2) is 5.99. The Morgan fingerprint density at radius 1 is 1.15 bits per heavy atom. The van der Waals surface area contributed by atoms with Crippen molar-refractivity contribution in [1.82, 2.24) is 10.2 Å². The summed E-state index contributed by atoms with van der Waals surface area (Å²) in [6.45, 7) is 0.642. The second-order valence-electron chi connectivity index (χ2n) is 5.49. The maximum atomic E-state index is 12.1. The van der Waals surface area contributed by atoms with Crippen LogP contribution in [0, 0.1) is 5.92 Å². The van der Waals surface area contributed by atoms with Gasteiger partial charge in [-0.05, 0) is 25.7 Å². The van der Waals surface area contributed by atoms with E-state index in [0.717, 1.165) is 0 Å². The third-order valence-corrected chi connectivity index (χ3v) is 5.67. The lowest BCUT2D eigenvalue weighted by molar-refractivity contribution is -0.141. The maximum Gasteiger partial charge on any atom is 0.317 e. The molecule has 0 radical (unpaired) electrons. The van der Waals surface area contributed by atoms with Crippen molar-refractivity contribution in [3.63, 3.8) is 0 Å². The molecule has 2 atom stereocenters. The normalized spacial score (nSPS) is 29.7. The maximum absolute atomic E-state index is 12.1. The van der Waals surface area contributed by atoms with Crippen LogP contribution in [0.1, 0.15) is 25.7 Å². The molecule has 7 nitrogen and oxygen atoms in total. The fourth-order valence-electron chi connectivity index (χ4n) is 2.74.